The van der Waals surface area contributed by atoms with Crippen molar-refractivity contribution in [2.24, 2.45) is 0 Å². The minimum absolute atomic E-state index is 0.0901. The number of aromatic nitrogens is 2. The van der Waals surface area contributed by atoms with Gasteiger partial charge in [0.15, 0.2) is 9.84 Å². The van der Waals surface area contributed by atoms with Crippen LogP contribution < -0.4 is 0 Å². The van der Waals surface area contributed by atoms with Crippen molar-refractivity contribution in [3.05, 3.63) is 30.2 Å². The summed E-state index contributed by atoms with van der Waals surface area (Å²) in [6, 6.07) is 6.46. The molecule has 0 saturated carbocycles. The zero-order valence-corrected chi connectivity index (χ0v) is 14.6. The number of rotatable bonds is 4. The van der Waals surface area contributed by atoms with Crippen molar-refractivity contribution in [1.29, 1.82) is 0 Å². The third-order valence-electron chi connectivity index (χ3n) is 4.11. The maximum absolute atomic E-state index is 12.0. The van der Waals surface area contributed by atoms with Gasteiger partial charge in [-0.1, -0.05) is 5.16 Å². The van der Waals surface area contributed by atoms with Gasteiger partial charge in [-0.15, -0.1) is 0 Å². The highest BCUT2D eigenvalue weighted by atomic mass is 32.2. The Morgan fingerprint density at radius 3 is 2.46 bits per heavy atom. The van der Waals surface area contributed by atoms with Crippen molar-refractivity contribution >= 4 is 15.7 Å². The quantitative estimate of drug-likeness (QED) is 0.836. The first-order valence-electron chi connectivity index (χ1n) is 7.69. The molecule has 1 atom stereocenters. The Balaban J connectivity index is 1.80. The lowest BCUT2D eigenvalue weighted by Gasteiger charge is -2.20. The summed E-state index contributed by atoms with van der Waals surface area (Å²) in [6.07, 6.45) is 1.53. The van der Waals surface area contributed by atoms with E-state index in [4.69, 9.17) is 4.52 Å². The molecule has 0 bridgehead atoms. The van der Waals surface area contributed by atoms with E-state index in [0.29, 0.717) is 30.2 Å². The molecule has 1 aromatic carbocycles. The maximum Gasteiger partial charge on any atom is 0.232 e. The lowest BCUT2D eigenvalue weighted by molar-refractivity contribution is -0.129. The predicted molar refractivity (Wildman–Crippen MR) is 87.1 cm³/mol. The van der Waals surface area contributed by atoms with E-state index in [9.17, 15) is 13.2 Å². The van der Waals surface area contributed by atoms with Gasteiger partial charge < -0.3 is 9.42 Å². The van der Waals surface area contributed by atoms with Crippen molar-refractivity contribution in [3.63, 3.8) is 0 Å². The third kappa shape index (κ3) is 3.19. The van der Waals surface area contributed by atoms with Crippen LogP contribution in [0.4, 0.5) is 0 Å². The molecule has 1 amide bonds. The molecule has 1 saturated heterocycles. The summed E-state index contributed by atoms with van der Waals surface area (Å²) in [5.74, 6) is 0.817. The maximum atomic E-state index is 12.0. The Kier molecular flexibility index (Phi) is 4.16. The molecule has 8 heteroatoms. The summed E-state index contributed by atoms with van der Waals surface area (Å²) >= 11 is 0. The van der Waals surface area contributed by atoms with E-state index in [1.54, 1.807) is 17.0 Å². The molecule has 1 aliphatic rings. The van der Waals surface area contributed by atoms with Crippen LogP contribution in [0.1, 0.15) is 32.1 Å². The standard InChI is InChI=1S/C16H19N3O4S/c1-10(2)19-9-12(8-14(19)20)16-17-15(18-23-16)11-4-6-13(7-5-11)24(3,21)22/h4-7,10,12H,8-9H2,1-3H3/t12-/m1/s1. The number of likely N-dealkylation sites (tertiary alicyclic amines) is 1. The fraction of sp³-hybridized carbons (Fsp3) is 0.438. The molecule has 2 aromatic rings. The fourth-order valence-corrected chi connectivity index (χ4v) is 3.40. The second-order valence-corrected chi connectivity index (χ2v) is 8.31. The van der Waals surface area contributed by atoms with Gasteiger partial charge in [-0.3, -0.25) is 4.79 Å². The van der Waals surface area contributed by atoms with Crippen LogP contribution in [-0.2, 0) is 14.6 Å². The number of benzene rings is 1. The molecule has 128 valence electrons. The smallest absolute Gasteiger partial charge is 0.232 e. The largest absolute Gasteiger partial charge is 0.339 e. The molecule has 0 radical (unpaired) electrons. The van der Waals surface area contributed by atoms with Gasteiger partial charge in [0.1, 0.15) is 0 Å². The summed E-state index contributed by atoms with van der Waals surface area (Å²) in [7, 11) is -3.24. The highest BCUT2D eigenvalue weighted by Gasteiger charge is 2.35. The first-order valence-corrected chi connectivity index (χ1v) is 9.58. The summed E-state index contributed by atoms with van der Waals surface area (Å²) in [5, 5.41) is 3.95. The van der Waals surface area contributed by atoms with Gasteiger partial charge in [-0.2, -0.15) is 4.98 Å². The number of hydrogen-bond donors (Lipinski definition) is 0. The lowest BCUT2D eigenvalue weighted by Crippen LogP contribution is -2.31. The van der Waals surface area contributed by atoms with Crippen LogP contribution in [0.25, 0.3) is 11.4 Å². The van der Waals surface area contributed by atoms with Crippen LogP contribution in [0.5, 0.6) is 0 Å². The average molecular weight is 349 g/mol. The molecule has 2 heterocycles. The number of sulfone groups is 1. The number of hydrogen-bond acceptors (Lipinski definition) is 6. The third-order valence-corrected chi connectivity index (χ3v) is 5.24. The van der Waals surface area contributed by atoms with Crippen molar-refractivity contribution in [3.8, 4) is 11.4 Å². The predicted octanol–water partition coefficient (Wildman–Crippen LogP) is 1.86. The summed E-state index contributed by atoms with van der Waals surface area (Å²) in [6.45, 7) is 4.52. The van der Waals surface area contributed by atoms with E-state index < -0.39 is 9.84 Å². The van der Waals surface area contributed by atoms with Crippen LogP contribution >= 0.6 is 0 Å². The number of carbonyl (C=O) groups excluding carboxylic acids is 1. The Morgan fingerprint density at radius 2 is 1.92 bits per heavy atom. The van der Waals surface area contributed by atoms with Gasteiger partial charge in [0, 0.05) is 30.8 Å². The highest BCUT2D eigenvalue weighted by Crippen LogP contribution is 2.29. The van der Waals surface area contributed by atoms with Crippen molar-refractivity contribution in [1.82, 2.24) is 15.0 Å². The van der Waals surface area contributed by atoms with E-state index in [-0.39, 0.29) is 22.8 Å². The van der Waals surface area contributed by atoms with E-state index >= 15 is 0 Å². The van der Waals surface area contributed by atoms with E-state index in [0.717, 1.165) is 6.26 Å². The first-order chi connectivity index (χ1) is 11.3. The molecule has 1 aromatic heterocycles. The van der Waals surface area contributed by atoms with E-state index in [1.807, 2.05) is 13.8 Å². The van der Waals surface area contributed by atoms with Gasteiger partial charge in [0.25, 0.3) is 0 Å². The lowest BCUT2D eigenvalue weighted by atomic mass is 10.1. The molecule has 24 heavy (non-hydrogen) atoms. The minimum Gasteiger partial charge on any atom is -0.339 e. The SMILES string of the molecule is CC(C)N1C[C@H](c2nc(-c3ccc(S(C)(=O)=O)cc3)no2)CC1=O. The van der Waals surface area contributed by atoms with Gasteiger partial charge in [0.05, 0.1) is 10.8 Å². The Morgan fingerprint density at radius 1 is 1.25 bits per heavy atom. The zero-order chi connectivity index (χ0) is 17.5. The van der Waals surface area contributed by atoms with E-state index in [2.05, 4.69) is 10.1 Å². The topological polar surface area (TPSA) is 93.4 Å². The molecule has 1 fully saturated rings. The zero-order valence-electron chi connectivity index (χ0n) is 13.8. The van der Waals surface area contributed by atoms with Crippen molar-refractivity contribution in [2.45, 2.75) is 37.1 Å². The van der Waals surface area contributed by atoms with Crippen LogP contribution in [0, 0.1) is 0 Å². The van der Waals surface area contributed by atoms with Gasteiger partial charge >= 0.3 is 0 Å². The molecule has 3 rings (SSSR count). The first kappa shape index (κ1) is 16.6. The Bertz CT molecular complexity index is 856. The van der Waals surface area contributed by atoms with Gasteiger partial charge in [-0.25, -0.2) is 8.42 Å². The monoisotopic (exact) mass is 349 g/mol. The highest BCUT2D eigenvalue weighted by molar-refractivity contribution is 7.90. The second-order valence-electron chi connectivity index (χ2n) is 6.29. The Hall–Kier alpha value is -2.22. The number of nitrogens with zero attached hydrogens (tertiary/aromatic N) is 3. The molecule has 0 unspecified atom stereocenters. The van der Waals surface area contributed by atoms with Crippen LogP contribution in [0.15, 0.2) is 33.7 Å². The molecular formula is C16H19N3O4S. The molecule has 0 aliphatic carbocycles. The molecule has 1 aliphatic heterocycles. The van der Waals surface area contributed by atoms with Crippen LogP contribution in [0.3, 0.4) is 0 Å². The van der Waals surface area contributed by atoms with Gasteiger partial charge in [-0.05, 0) is 38.1 Å². The molecular weight excluding hydrogens is 330 g/mol. The van der Waals surface area contributed by atoms with Crippen LogP contribution in [0.2, 0.25) is 0 Å². The molecule has 0 N–H and O–H groups in total. The summed E-state index contributed by atoms with van der Waals surface area (Å²) in [4.78, 5) is 18.4. The molecule has 7 nitrogen and oxygen atoms in total. The summed E-state index contributed by atoms with van der Waals surface area (Å²) < 4.78 is 28.3. The average Bonchev–Trinajstić information content (AvgIpc) is 3.13. The Labute approximate surface area is 140 Å². The van der Waals surface area contributed by atoms with Crippen LogP contribution in [-0.4, -0.2) is 48.2 Å². The van der Waals surface area contributed by atoms with E-state index in [1.165, 1.54) is 12.1 Å². The van der Waals surface area contributed by atoms with Crippen molar-refractivity contribution in [2.75, 3.05) is 12.8 Å². The van der Waals surface area contributed by atoms with Crippen molar-refractivity contribution < 1.29 is 17.7 Å². The number of carbonyl (C=O) groups is 1. The normalized spacial score (nSPS) is 18.6. The fourth-order valence-electron chi connectivity index (χ4n) is 2.77. The number of amides is 1. The van der Waals surface area contributed by atoms with Gasteiger partial charge in [0.2, 0.25) is 17.6 Å². The second kappa shape index (κ2) is 6.01. The summed E-state index contributed by atoms with van der Waals surface area (Å²) in [5.41, 5.74) is 0.669. The molecule has 0 spiro atoms. The minimum atomic E-state index is -3.24.